The Hall–Kier alpha value is -1.06. The van der Waals surface area contributed by atoms with Gasteiger partial charge in [-0.3, -0.25) is 0 Å². The van der Waals surface area contributed by atoms with Gasteiger partial charge in [0.15, 0.2) is 0 Å². The number of aliphatic hydroxyl groups is 1. The van der Waals surface area contributed by atoms with E-state index in [1.807, 2.05) is 31.2 Å². The molecule has 0 spiro atoms. The molecular formula is C17H27NO2. The van der Waals surface area contributed by atoms with Crippen LogP contribution in [-0.2, 0) is 5.60 Å². The Morgan fingerprint density at radius 1 is 1.15 bits per heavy atom. The first kappa shape index (κ1) is 15.3. The van der Waals surface area contributed by atoms with Crippen molar-refractivity contribution in [3.63, 3.8) is 0 Å². The summed E-state index contributed by atoms with van der Waals surface area (Å²) in [5.41, 5.74) is 0.213. The molecule has 0 aromatic heterocycles. The summed E-state index contributed by atoms with van der Waals surface area (Å²) in [6.45, 7) is 9.05. The summed E-state index contributed by atoms with van der Waals surface area (Å²) in [7, 11) is 0. The number of ether oxygens (including phenoxy) is 1. The summed E-state index contributed by atoms with van der Waals surface area (Å²) in [5.74, 6) is 0.903. The summed E-state index contributed by atoms with van der Waals surface area (Å²) in [4.78, 5) is 0. The van der Waals surface area contributed by atoms with Crippen molar-refractivity contribution < 1.29 is 9.84 Å². The first-order valence-electron chi connectivity index (χ1n) is 7.51. The van der Waals surface area contributed by atoms with Gasteiger partial charge in [0, 0.05) is 5.54 Å². The molecular weight excluding hydrogens is 250 g/mol. The summed E-state index contributed by atoms with van der Waals surface area (Å²) in [6, 6.07) is 7.85. The van der Waals surface area contributed by atoms with Crippen molar-refractivity contribution in [2.45, 2.75) is 64.2 Å². The van der Waals surface area contributed by atoms with Gasteiger partial charge in [-0.15, -0.1) is 0 Å². The van der Waals surface area contributed by atoms with Crippen molar-refractivity contribution in [1.82, 2.24) is 5.32 Å². The molecule has 1 aromatic rings. The van der Waals surface area contributed by atoms with E-state index >= 15 is 0 Å². The molecule has 1 fully saturated rings. The van der Waals surface area contributed by atoms with Crippen LogP contribution in [0.3, 0.4) is 0 Å². The molecule has 2 rings (SSSR count). The molecule has 0 heterocycles. The summed E-state index contributed by atoms with van der Waals surface area (Å²) < 4.78 is 5.72. The van der Waals surface area contributed by atoms with Gasteiger partial charge < -0.3 is 15.2 Å². The lowest BCUT2D eigenvalue weighted by Crippen LogP contribution is -2.39. The highest BCUT2D eigenvalue weighted by atomic mass is 16.5. The van der Waals surface area contributed by atoms with E-state index in [1.54, 1.807) is 0 Å². The standard InChI is InChI=1S/C17H27NO2/c1-16(2,3)18-12-11-17(4,19)13-5-7-14(8-6-13)20-15-9-10-15/h5-8,15,18-19H,9-12H2,1-4H3. The van der Waals surface area contributed by atoms with Gasteiger partial charge >= 0.3 is 0 Å². The van der Waals surface area contributed by atoms with Crippen LogP contribution in [0.4, 0.5) is 0 Å². The minimum Gasteiger partial charge on any atom is -0.490 e. The number of hydrogen-bond donors (Lipinski definition) is 2. The Kier molecular flexibility index (Phi) is 4.40. The Bertz CT molecular complexity index is 427. The van der Waals surface area contributed by atoms with Gasteiger partial charge in [-0.25, -0.2) is 0 Å². The molecule has 3 nitrogen and oxygen atoms in total. The lowest BCUT2D eigenvalue weighted by molar-refractivity contribution is 0.0463. The molecule has 1 aliphatic carbocycles. The number of benzene rings is 1. The van der Waals surface area contributed by atoms with Gasteiger partial charge in [0.25, 0.3) is 0 Å². The monoisotopic (exact) mass is 277 g/mol. The normalized spacial score (nSPS) is 18.6. The van der Waals surface area contributed by atoms with Crippen LogP contribution in [0, 0.1) is 0 Å². The van der Waals surface area contributed by atoms with Crippen LogP contribution in [0.15, 0.2) is 24.3 Å². The van der Waals surface area contributed by atoms with E-state index in [-0.39, 0.29) is 5.54 Å². The second kappa shape index (κ2) is 5.74. The van der Waals surface area contributed by atoms with E-state index in [0.717, 1.165) is 30.7 Å². The quantitative estimate of drug-likeness (QED) is 0.839. The maximum atomic E-state index is 10.6. The highest BCUT2D eigenvalue weighted by Crippen LogP contribution is 2.29. The minimum atomic E-state index is -0.809. The fourth-order valence-corrected chi connectivity index (χ4v) is 2.10. The second-order valence-corrected chi connectivity index (χ2v) is 7.04. The topological polar surface area (TPSA) is 41.5 Å². The molecule has 2 N–H and O–H groups in total. The van der Waals surface area contributed by atoms with Crippen LogP contribution < -0.4 is 10.1 Å². The smallest absolute Gasteiger partial charge is 0.119 e. The predicted octanol–water partition coefficient (Wildman–Crippen LogP) is 3.21. The highest BCUT2D eigenvalue weighted by Gasteiger charge is 2.25. The second-order valence-electron chi connectivity index (χ2n) is 7.04. The van der Waals surface area contributed by atoms with Crippen molar-refractivity contribution in [2.75, 3.05) is 6.54 Å². The number of rotatable bonds is 6. The van der Waals surface area contributed by atoms with Crippen LogP contribution in [-0.4, -0.2) is 23.3 Å². The van der Waals surface area contributed by atoms with E-state index < -0.39 is 5.60 Å². The van der Waals surface area contributed by atoms with Gasteiger partial charge in [-0.2, -0.15) is 0 Å². The molecule has 3 heteroatoms. The first-order valence-corrected chi connectivity index (χ1v) is 7.51. The third-order valence-corrected chi connectivity index (χ3v) is 3.57. The molecule has 20 heavy (non-hydrogen) atoms. The first-order chi connectivity index (χ1) is 9.26. The van der Waals surface area contributed by atoms with E-state index in [9.17, 15) is 5.11 Å². The Labute approximate surface area is 122 Å². The molecule has 1 unspecified atom stereocenters. The zero-order valence-corrected chi connectivity index (χ0v) is 13.1. The third kappa shape index (κ3) is 4.80. The molecule has 1 atom stereocenters. The fourth-order valence-electron chi connectivity index (χ4n) is 2.10. The zero-order chi connectivity index (χ0) is 14.8. The van der Waals surface area contributed by atoms with Crippen molar-refractivity contribution in [3.05, 3.63) is 29.8 Å². The zero-order valence-electron chi connectivity index (χ0n) is 13.1. The number of nitrogens with one attached hydrogen (secondary N) is 1. The Morgan fingerprint density at radius 2 is 1.75 bits per heavy atom. The lowest BCUT2D eigenvalue weighted by Gasteiger charge is -2.27. The van der Waals surface area contributed by atoms with E-state index in [1.165, 1.54) is 0 Å². The van der Waals surface area contributed by atoms with Crippen LogP contribution in [0.5, 0.6) is 5.75 Å². The highest BCUT2D eigenvalue weighted by molar-refractivity contribution is 5.31. The molecule has 0 bridgehead atoms. The molecule has 0 radical (unpaired) electrons. The average molecular weight is 277 g/mol. The molecule has 0 saturated heterocycles. The van der Waals surface area contributed by atoms with Crippen molar-refractivity contribution >= 4 is 0 Å². The molecule has 0 amide bonds. The minimum absolute atomic E-state index is 0.0814. The van der Waals surface area contributed by atoms with E-state index in [2.05, 4.69) is 26.1 Å². The van der Waals surface area contributed by atoms with Gasteiger partial charge in [-0.1, -0.05) is 12.1 Å². The molecule has 112 valence electrons. The summed E-state index contributed by atoms with van der Waals surface area (Å²) in [5, 5.41) is 14.0. The van der Waals surface area contributed by atoms with Crippen LogP contribution in [0.2, 0.25) is 0 Å². The lowest BCUT2D eigenvalue weighted by atomic mass is 9.92. The van der Waals surface area contributed by atoms with E-state index in [4.69, 9.17) is 4.74 Å². The third-order valence-electron chi connectivity index (χ3n) is 3.57. The largest absolute Gasteiger partial charge is 0.490 e. The maximum absolute atomic E-state index is 10.6. The van der Waals surface area contributed by atoms with Crippen LogP contribution in [0.25, 0.3) is 0 Å². The van der Waals surface area contributed by atoms with Gasteiger partial charge in [0.2, 0.25) is 0 Å². The number of hydrogen-bond acceptors (Lipinski definition) is 3. The van der Waals surface area contributed by atoms with Crippen molar-refractivity contribution in [3.8, 4) is 5.75 Å². The maximum Gasteiger partial charge on any atom is 0.119 e. The predicted molar refractivity (Wildman–Crippen MR) is 82.0 cm³/mol. The SMILES string of the molecule is CC(C)(C)NCCC(C)(O)c1ccc(OC2CC2)cc1. The van der Waals surface area contributed by atoms with Crippen molar-refractivity contribution in [2.24, 2.45) is 0 Å². The molecule has 1 aliphatic rings. The average Bonchev–Trinajstić information content (AvgIpc) is 3.11. The van der Waals surface area contributed by atoms with Crippen LogP contribution in [0.1, 0.15) is 52.5 Å². The summed E-state index contributed by atoms with van der Waals surface area (Å²) >= 11 is 0. The van der Waals surface area contributed by atoms with Gasteiger partial charge in [0.1, 0.15) is 5.75 Å². The van der Waals surface area contributed by atoms with Crippen molar-refractivity contribution in [1.29, 1.82) is 0 Å². The molecule has 1 aromatic carbocycles. The Balaban J connectivity index is 1.90. The fraction of sp³-hybridized carbons (Fsp3) is 0.647. The molecule has 0 aliphatic heterocycles. The summed E-state index contributed by atoms with van der Waals surface area (Å²) in [6.07, 6.45) is 3.43. The van der Waals surface area contributed by atoms with Gasteiger partial charge in [0.05, 0.1) is 11.7 Å². The van der Waals surface area contributed by atoms with E-state index in [0.29, 0.717) is 12.5 Å². The Morgan fingerprint density at radius 3 is 2.25 bits per heavy atom. The van der Waals surface area contributed by atoms with Gasteiger partial charge in [-0.05, 0) is 71.2 Å². The molecule has 1 saturated carbocycles. The van der Waals surface area contributed by atoms with Crippen LogP contribution >= 0.6 is 0 Å².